The Morgan fingerprint density at radius 3 is 2.91 bits per heavy atom. The number of allylic oxidation sites excluding steroid dienone is 1. The van der Waals surface area contributed by atoms with Gasteiger partial charge in [-0.25, -0.2) is 4.98 Å². The number of nitrogens with zero attached hydrogens (tertiary/aromatic N) is 2. The number of anilines is 1. The Morgan fingerprint density at radius 1 is 1.48 bits per heavy atom. The summed E-state index contributed by atoms with van der Waals surface area (Å²) in [4.78, 5) is 16.4. The van der Waals surface area contributed by atoms with Gasteiger partial charge in [0.2, 0.25) is 0 Å². The lowest BCUT2D eigenvalue weighted by molar-refractivity contribution is 0.0959. The van der Waals surface area contributed by atoms with Gasteiger partial charge in [0.05, 0.1) is 11.3 Å². The highest BCUT2D eigenvalue weighted by Gasteiger charge is 2.10. The van der Waals surface area contributed by atoms with Crippen molar-refractivity contribution in [3.63, 3.8) is 0 Å². The maximum atomic E-state index is 12.1. The monoisotopic (exact) mass is 324 g/mol. The number of benzene rings is 1. The summed E-state index contributed by atoms with van der Waals surface area (Å²) in [6.45, 7) is 5.84. The molecule has 0 bridgehead atoms. The number of para-hydroxylation sites is 1. The van der Waals surface area contributed by atoms with E-state index in [1.165, 1.54) is 11.3 Å². The minimum absolute atomic E-state index is 0.204. The second-order valence-corrected chi connectivity index (χ2v) is 5.51. The predicted octanol–water partition coefficient (Wildman–Crippen LogP) is 3.34. The van der Waals surface area contributed by atoms with Crippen LogP contribution in [0, 0.1) is 18.3 Å². The summed E-state index contributed by atoms with van der Waals surface area (Å²) in [5.74, 6) is -0.204. The Balaban J connectivity index is 2.23. The van der Waals surface area contributed by atoms with Crippen molar-refractivity contribution >= 4 is 28.5 Å². The van der Waals surface area contributed by atoms with Crippen LogP contribution in [0.2, 0.25) is 0 Å². The molecule has 1 heterocycles. The highest BCUT2D eigenvalue weighted by molar-refractivity contribution is 7.10. The third-order valence-corrected chi connectivity index (χ3v) is 3.91. The number of thiazole rings is 1. The standard InChI is InChI=1S/C17H16N4OS/c1-3-8-19-16(22)14-6-4-5-7-15(14)20-10-13(9-18)17-21-12(2)11-23-17/h3-7,10-11,20H,1,8H2,2H3,(H,19,22)/b13-10+. The summed E-state index contributed by atoms with van der Waals surface area (Å²) in [6.07, 6.45) is 3.18. The van der Waals surface area contributed by atoms with Gasteiger partial charge in [0.25, 0.3) is 5.91 Å². The number of carbonyl (C=O) groups excluding carboxylic acids is 1. The summed E-state index contributed by atoms with van der Waals surface area (Å²) in [5.41, 5.74) is 2.41. The van der Waals surface area contributed by atoms with Crippen LogP contribution in [0.3, 0.4) is 0 Å². The molecule has 2 N–H and O–H groups in total. The third kappa shape index (κ3) is 4.28. The van der Waals surface area contributed by atoms with Gasteiger partial charge in [-0.05, 0) is 19.1 Å². The number of aromatic nitrogens is 1. The van der Waals surface area contributed by atoms with Crippen LogP contribution in [0.4, 0.5) is 5.69 Å². The highest BCUT2D eigenvalue weighted by Crippen LogP contribution is 2.20. The molecule has 0 aliphatic rings. The maximum absolute atomic E-state index is 12.1. The van der Waals surface area contributed by atoms with E-state index in [2.05, 4.69) is 28.3 Å². The van der Waals surface area contributed by atoms with Crippen LogP contribution in [-0.2, 0) is 0 Å². The molecule has 1 aromatic heterocycles. The molecule has 0 aliphatic heterocycles. The summed E-state index contributed by atoms with van der Waals surface area (Å²) < 4.78 is 0. The molecule has 0 saturated heterocycles. The van der Waals surface area contributed by atoms with Crippen molar-refractivity contribution < 1.29 is 4.79 Å². The SMILES string of the molecule is C=CCNC(=O)c1ccccc1N/C=C(\C#N)c1nc(C)cs1. The lowest BCUT2D eigenvalue weighted by atomic mass is 10.1. The first-order valence-corrected chi connectivity index (χ1v) is 7.81. The average molecular weight is 324 g/mol. The molecule has 1 aromatic carbocycles. The molecule has 2 aromatic rings. The van der Waals surface area contributed by atoms with Crippen molar-refractivity contribution in [2.24, 2.45) is 0 Å². The largest absolute Gasteiger partial charge is 0.360 e. The molecule has 0 aliphatic carbocycles. The van der Waals surface area contributed by atoms with Crippen LogP contribution in [-0.4, -0.2) is 17.4 Å². The molecule has 0 radical (unpaired) electrons. The first kappa shape index (κ1) is 16.5. The second-order valence-electron chi connectivity index (χ2n) is 4.65. The number of nitrogens with one attached hydrogen (secondary N) is 2. The number of hydrogen-bond donors (Lipinski definition) is 2. The van der Waals surface area contributed by atoms with Gasteiger partial charge in [-0.1, -0.05) is 18.2 Å². The first-order valence-electron chi connectivity index (χ1n) is 6.93. The molecular formula is C17H16N4OS. The minimum Gasteiger partial charge on any atom is -0.360 e. The van der Waals surface area contributed by atoms with Crippen molar-refractivity contribution in [3.05, 3.63) is 64.8 Å². The zero-order valence-corrected chi connectivity index (χ0v) is 13.5. The first-order chi connectivity index (χ1) is 11.2. The summed E-state index contributed by atoms with van der Waals surface area (Å²) in [7, 11) is 0. The fourth-order valence-corrected chi connectivity index (χ4v) is 2.60. The van der Waals surface area contributed by atoms with Crippen molar-refractivity contribution in [1.29, 1.82) is 5.26 Å². The van der Waals surface area contributed by atoms with Gasteiger partial charge >= 0.3 is 0 Å². The van der Waals surface area contributed by atoms with Gasteiger partial charge in [0.15, 0.2) is 0 Å². The Kier molecular flexibility index (Phi) is 5.67. The van der Waals surface area contributed by atoms with Gasteiger partial charge in [0.1, 0.15) is 16.6 Å². The Bertz CT molecular complexity index is 786. The van der Waals surface area contributed by atoms with Crippen LogP contribution >= 0.6 is 11.3 Å². The van der Waals surface area contributed by atoms with Gasteiger partial charge in [-0.3, -0.25) is 4.79 Å². The van der Waals surface area contributed by atoms with E-state index in [9.17, 15) is 10.1 Å². The number of carbonyl (C=O) groups is 1. The molecule has 116 valence electrons. The van der Waals surface area contributed by atoms with E-state index in [0.29, 0.717) is 28.4 Å². The molecule has 0 spiro atoms. The fourth-order valence-electron chi connectivity index (χ4n) is 1.84. The molecular weight excluding hydrogens is 308 g/mol. The molecule has 0 atom stereocenters. The zero-order chi connectivity index (χ0) is 16.7. The number of amides is 1. The van der Waals surface area contributed by atoms with Crippen LogP contribution in [0.15, 0.2) is 48.5 Å². The Hall–Kier alpha value is -2.91. The van der Waals surface area contributed by atoms with E-state index in [-0.39, 0.29) is 5.91 Å². The van der Waals surface area contributed by atoms with E-state index < -0.39 is 0 Å². The van der Waals surface area contributed by atoms with Gasteiger partial charge in [0, 0.05) is 23.8 Å². The Morgan fingerprint density at radius 2 is 2.26 bits per heavy atom. The minimum atomic E-state index is -0.204. The normalized spacial score (nSPS) is 10.7. The lowest BCUT2D eigenvalue weighted by Gasteiger charge is -2.09. The lowest BCUT2D eigenvalue weighted by Crippen LogP contribution is -2.23. The maximum Gasteiger partial charge on any atom is 0.253 e. The van der Waals surface area contributed by atoms with E-state index >= 15 is 0 Å². The highest BCUT2D eigenvalue weighted by atomic mass is 32.1. The van der Waals surface area contributed by atoms with Crippen molar-refractivity contribution in [2.45, 2.75) is 6.92 Å². The molecule has 23 heavy (non-hydrogen) atoms. The van der Waals surface area contributed by atoms with Crippen LogP contribution < -0.4 is 10.6 Å². The van der Waals surface area contributed by atoms with Gasteiger partial charge in [-0.2, -0.15) is 5.26 Å². The molecule has 5 nitrogen and oxygen atoms in total. The van der Waals surface area contributed by atoms with Gasteiger partial charge in [-0.15, -0.1) is 17.9 Å². The molecule has 6 heteroatoms. The molecule has 0 unspecified atom stereocenters. The summed E-state index contributed by atoms with van der Waals surface area (Å²) >= 11 is 1.41. The van der Waals surface area contributed by atoms with E-state index in [0.717, 1.165) is 5.69 Å². The smallest absolute Gasteiger partial charge is 0.253 e. The second kappa shape index (κ2) is 7.92. The number of aryl methyl sites for hydroxylation is 1. The summed E-state index contributed by atoms with van der Waals surface area (Å²) in [5, 5.41) is 17.6. The van der Waals surface area contributed by atoms with Crippen molar-refractivity contribution in [2.75, 3.05) is 11.9 Å². The van der Waals surface area contributed by atoms with Crippen molar-refractivity contribution in [1.82, 2.24) is 10.3 Å². The van der Waals surface area contributed by atoms with Crippen LogP contribution in [0.25, 0.3) is 5.57 Å². The van der Waals surface area contributed by atoms with Crippen molar-refractivity contribution in [3.8, 4) is 6.07 Å². The molecule has 1 amide bonds. The summed E-state index contributed by atoms with van der Waals surface area (Å²) in [6, 6.07) is 9.22. The third-order valence-electron chi connectivity index (χ3n) is 2.92. The van der Waals surface area contributed by atoms with Crippen LogP contribution in [0.1, 0.15) is 21.1 Å². The molecule has 0 fully saturated rings. The zero-order valence-electron chi connectivity index (χ0n) is 12.7. The van der Waals surface area contributed by atoms with E-state index in [1.807, 2.05) is 18.4 Å². The average Bonchev–Trinajstić information content (AvgIpc) is 3.00. The molecule has 2 rings (SSSR count). The topological polar surface area (TPSA) is 77.8 Å². The number of hydrogen-bond acceptors (Lipinski definition) is 5. The Labute approximate surface area is 139 Å². The fraction of sp³-hybridized carbons (Fsp3) is 0.118. The van der Waals surface area contributed by atoms with Gasteiger partial charge < -0.3 is 10.6 Å². The van der Waals surface area contributed by atoms with E-state index in [4.69, 9.17) is 0 Å². The van der Waals surface area contributed by atoms with Crippen LogP contribution in [0.5, 0.6) is 0 Å². The quantitative estimate of drug-likeness (QED) is 0.631. The number of nitriles is 1. The predicted molar refractivity (Wildman–Crippen MR) is 93.0 cm³/mol. The van der Waals surface area contributed by atoms with E-state index in [1.54, 1.807) is 30.5 Å². The molecule has 0 saturated carbocycles. The number of rotatable bonds is 6.